The lowest BCUT2D eigenvalue weighted by Crippen LogP contribution is -2.32. The predicted molar refractivity (Wildman–Crippen MR) is 115 cm³/mol. The number of carbonyl (C=O) groups excluding carboxylic acids is 2. The number of benzene rings is 1. The minimum atomic E-state index is -3.81. The maximum Gasteiger partial charge on any atom is 0.269 e. The fourth-order valence-electron chi connectivity index (χ4n) is 3.91. The summed E-state index contributed by atoms with van der Waals surface area (Å²) in [5.41, 5.74) is 0.216. The summed E-state index contributed by atoms with van der Waals surface area (Å²) < 4.78 is 28.2. The molecule has 31 heavy (non-hydrogen) atoms. The van der Waals surface area contributed by atoms with E-state index >= 15 is 0 Å². The van der Waals surface area contributed by atoms with Gasteiger partial charge in [-0.25, -0.2) is 12.7 Å². The van der Waals surface area contributed by atoms with Crippen molar-refractivity contribution in [1.29, 1.82) is 0 Å². The van der Waals surface area contributed by atoms with Crippen LogP contribution < -0.4 is 0 Å². The molecule has 2 aliphatic heterocycles. The Morgan fingerprint density at radius 2 is 1.90 bits per heavy atom. The first-order valence-electron chi connectivity index (χ1n) is 10.4. The molecule has 0 bridgehead atoms. The molecule has 3 heterocycles. The van der Waals surface area contributed by atoms with Crippen LogP contribution in [0, 0.1) is 0 Å². The second-order valence-electron chi connectivity index (χ2n) is 7.50. The van der Waals surface area contributed by atoms with E-state index in [1.807, 2.05) is 16.4 Å². The lowest BCUT2D eigenvalue weighted by atomic mass is 10.2. The Bertz CT molecular complexity index is 1100. The number of fused-ring (bicyclic) bond motifs is 1. The minimum absolute atomic E-state index is 0.0526. The average molecular weight is 464 g/mol. The van der Waals surface area contributed by atoms with Crippen molar-refractivity contribution in [2.24, 2.45) is 0 Å². The van der Waals surface area contributed by atoms with Crippen molar-refractivity contribution in [3.05, 3.63) is 35.7 Å². The largest absolute Gasteiger partial charge is 0.335 e. The predicted octanol–water partition coefficient (Wildman–Crippen LogP) is 2.14. The second kappa shape index (κ2) is 8.99. The number of amides is 2. The van der Waals surface area contributed by atoms with Crippen molar-refractivity contribution in [3.8, 4) is 0 Å². The molecule has 1 saturated heterocycles. The molecule has 1 aromatic carbocycles. The molecule has 0 spiro atoms. The SMILES string of the molecule is CCn1c(CN2CCCCCC2=O)nnc1SCCN1C(=O)c2ccccc2S1(=O)=O. The van der Waals surface area contributed by atoms with Crippen LogP contribution in [-0.2, 0) is 27.9 Å². The van der Waals surface area contributed by atoms with Gasteiger partial charge in [0, 0.05) is 31.8 Å². The van der Waals surface area contributed by atoms with Crippen LogP contribution in [0.3, 0.4) is 0 Å². The molecule has 0 radical (unpaired) electrons. The third-order valence-corrected chi connectivity index (χ3v) is 8.34. The molecular weight excluding hydrogens is 438 g/mol. The zero-order valence-corrected chi connectivity index (χ0v) is 19.0. The van der Waals surface area contributed by atoms with Gasteiger partial charge in [0.25, 0.3) is 15.9 Å². The van der Waals surface area contributed by atoms with Crippen LogP contribution in [0.4, 0.5) is 0 Å². The first-order valence-corrected chi connectivity index (χ1v) is 12.8. The van der Waals surface area contributed by atoms with Gasteiger partial charge in [0.15, 0.2) is 11.0 Å². The van der Waals surface area contributed by atoms with Crippen LogP contribution in [0.5, 0.6) is 0 Å². The molecule has 0 N–H and O–H groups in total. The molecule has 0 unspecified atom stereocenters. The lowest BCUT2D eigenvalue weighted by molar-refractivity contribution is -0.131. The Morgan fingerprint density at radius 3 is 2.68 bits per heavy atom. The lowest BCUT2D eigenvalue weighted by Gasteiger charge is -2.20. The molecule has 1 aromatic heterocycles. The number of nitrogens with zero attached hydrogens (tertiary/aromatic N) is 5. The Hall–Kier alpha value is -2.40. The van der Waals surface area contributed by atoms with E-state index in [-0.39, 0.29) is 22.9 Å². The Labute approximate surface area is 185 Å². The van der Waals surface area contributed by atoms with E-state index in [0.717, 1.165) is 35.9 Å². The van der Waals surface area contributed by atoms with Crippen molar-refractivity contribution < 1.29 is 18.0 Å². The van der Waals surface area contributed by atoms with Crippen molar-refractivity contribution in [2.45, 2.75) is 55.7 Å². The third-order valence-electron chi connectivity index (χ3n) is 5.55. The molecule has 2 aliphatic rings. The van der Waals surface area contributed by atoms with Gasteiger partial charge in [0.1, 0.15) is 4.90 Å². The van der Waals surface area contributed by atoms with Crippen LogP contribution >= 0.6 is 11.8 Å². The highest BCUT2D eigenvalue weighted by Gasteiger charge is 2.40. The molecule has 2 aromatic rings. The third kappa shape index (κ3) is 4.20. The van der Waals surface area contributed by atoms with Crippen molar-refractivity contribution in [1.82, 2.24) is 24.0 Å². The topological polar surface area (TPSA) is 105 Å². The van der Waals surface area contributed by atoms with Gasteiger partial charge in [-0.3, -0.25) is 9.59 Å². The quantitative estimate of drug-likeness (QED) is 0.579. The smallest absolute Gasteiger partial charge is 0.269 e. The highest BCUT2D eigenvalue weighted by atomic mass is 32.2. The summed E-state index contributed by atoms with van der Waals surface area (Å²) in [7, 11) is -3.81. The molecule has 0 aliphatic carbocycles. The fraction of sp³-hybridized carbons (Fsp3) is 0.500. The second-order valence-corrected chi connectivity index (χ2v) is 10.4. The number of hydrogen-bond donors (Lipinski definition) is 0. The van der Waals surface area contributed by atoms with Gasteiger partial charge in [-0.1, -0.05) is 30.3 Å². The van der Waals surface area contributed by atoms with E-state index in [4.69, 9.17) is 0 Å². The summed E-state index contributed by atoms with van der Waals surface area (Å²) in [6.45, 7) is 3.82. The van der Waals surface area contributed by atoms with E-state index in [2.05, 4.69) is 10.2 Å². The van der Waals surface area contributed by atoms with E-state index in [0.29, 0.717) is 30.4 Å². The number of likely N-dealkylation sites (tertiary alicyclic amines) is 1. The Morgan fingerprint density at radius 1 is 1.10 bits per heavy atom. The number of rotatable bonds is 7. The Balaban J connectivity index is 1.42. The number of thioether (sulfide) groups is 1. The summed E-state index contributed by atoms with van der Waals surface area (Å²) >= 11 is 1.36. The zero-order valence-electron chi connectivity index (χ0n) is 17.4. The molecule has 166 valence electrons. The summed E-state index contributed by atoms with van der Waals surface area (Å²) in [6, 6.07) is 6.26. The van der Waals surface area contributed by atoms with Gasteiger partial charge >= 0.3 is 0 Å². The van der Waals surface area contributed by atoms with Gasteiger partial charge < -0.3 is 9.47 Å². The zero-order chi connectivity index (χ0) is 22.0. The van der Waals surface area contributed by atoms with Crippen LogP contribution in [0.25, 0.3) is 0 Å². The van der Waals surface area contributed by atoms with Crippen molar-refractivity contribution in [2.75, 3.05) is 18.8 Å². The summed E-state index contributed by atoms with van der Waals surface area (Å²) in [6.07, 6.45) is 3.56. The van der Waals surface area contributed by atoms with E-state index in [1.165, 1.54) is 23.9 Å². The van der Waals surface area contributed by atoms with E-state index < -0.39 is 15.9 Å². The molecule has 11 heteroatoms. The van der Waals surface area contributed by atoms with Gasteiger partial charge in [-0.05, 0) is 31.9 Å². The molecular formula is C20H25N5O4S2. The summed E-state index contributed by atoms with van der Waals surface area (Å²) in [5, 5.41) is 9.17. The molecule has 2 amide bonds. The first-order chi connectivity index (χ1) is 14.9. The standard InChI is InChI=1S/C20H25N5O4S2/c1-2-24-17(14-23-11-7-3-4-10-18(23)26)21-22-20(24)30-13-12-25-19(27)15-8-5-6-9-16(15)31(25,28)29/h5-6,8-9H,2-4,7,10-14H2,1H3. The van der Waals surface area contributed by atoms with Crippen molar-refractivity contribution in [3.63, 3.8) is 0 Å². The molecule has 9 nitrogen and oxygen atoms in total. The fourth-order valence-corrected chi connectivity index (χ4v) is 6.54. The van der Waals surface area contributed by atoms with E-state index in [9.17, 15) is 18.0 Å². The highest BCUT2D eigenvalue weighted by molar-refractivity contribution is 7.99. The number of sulfonamides is 1. The maximum absolute atomic E-state index is 12.7. The highest BCUT2D eigenvalue weighted by Crippen LogP contribution is 2.30. The first kappa shape index (κ1) is 21.8. The van der Waals surface area contributed by atoms with Gasteiger partial charge in [0.2, 0.25) is 5.91 Å². The van der Waals surface area contributed by atoms with Crippen LogP contribution in [0.2, 0.25) is 0 Å². The number of aromatic nitrogens is 3. The Kier molecular flexibility index (Phi) is 6.33. The maximum atomic E-state index is 12.7. The molecule has 4 rings (SSSR count). The summed E-state index contributed by atoms with van der Waals surface area (Å²) in [5.74, 6) is 0.737. The van der Waals surface area contributed by atoms with Gasteiger partial charge in [-0.2, -0.15) is 0 Å². The van der Waals surface area contributed by atoms with Crippen LogP contribution in [0.1, 0.15) is 48.8 Å². The van der Waals surface area contributed by atoms with Crippen molar-refractivity contribution >= 4 is 33.6 Å². The van der Waals surface area contributed by atoms with Crippen LogP contribution in [-0.4, -0.2) is 63.0 Å². The number of carbonyl (C=O) groups is 2. The summed E-state index contributed by atoms with van der Waals surface area (Å²) in [4.78, 5) is 26.7. The minimum Gasteiger partial charge on any atom is -0.335 e. The van der Waals surface area contributed by atoms with Gasteiger partial charge in [-0.15, -0.1) is 10.2 Å². The molecule has 1 fully saturated rings. The van der Waals surface area contributed by atoms with Gasteiger partial charge in [0.05, 0.1) is 12.1 Å². The average Bonchev–Trinajstić information content (AvgIpc) is 3.14. The van der Waals surface area contributed by atoms with E-state index in [1.54, 1.807) is 12.1 Å². The number of hydrogen-bond acceptors (Lipinski definition) is 7. The molecule has 0 atom stereocenters. The van der Waals surface area contributed by atoms with Crippen LogP contribution in [0.15, 0.2) is 34.3 Å². The normalized spacial score (nSPS) is 18.4. The monoisotopic (exact) mass is 463 g/mol. The molecule has 0 saturated carbocycles.